The number of aryl methyl sites for hydroxylation is 2. The van der Waals surface area contributed by atoms with Gasteiger partial charge in [-0.15, -0.1) is 0 Å². The normalized spacial score (nSPS) is 24.3. The molecule has 2 atom stereocenters. The zero-order valence-corrected chi connectivity index (χ0v) is 16.4. The molecule has 0 radical (unpaired) electrons. The molecule has 1 saturated heterocycles. The highest BCUT2D eigenvalue weighted by molar-refractivity contribution is 5.84. The first-order valence-corrected chi connectivity index (χ1v) is 9.89. The molecule has 1 N–H and O–H groups in total. The second kappa shape index (κ2) is 7.11. The molecule has 4 rings (SSSR count). The number of likely N-dealkylation sites (tertiary alicyclic amines) is 1. The Morgan fingerprint density at radius 3 is 2.81 bits per heavy atom. The fourth-order valence-corrected chi connectivity index (χ4v) is 3.98. The summed E-state index contributed by atoms with van der Waals surface area (Å²) in [7, 11) is 2.04. The molecule has 0 spiro atoms. The molecule has 2 aromatic heterocycles. The summed E-state index contributed by atoms with van der Waals surface area (Å²) in [6, 6.07) is 0. The fraction of sp³-hybridized carbons (Fsp3) is 0.650. The lowest BCUT2D eigenvalue weighted by atomic mass is 9.92. The minimum atomic E-state index is -0.130. The molecule has 27 heavy (non-hydrogen) atoms. The Bertz CT molecular complexity index is 807. The van der Waals surface area contributed by atoms with Gasteiger partial charge >= 0.3 is 0 Å². The highest BCUT2D eigenvalue weighted by Gasteiger charge is 2.45. The molecule has 146 valence electrons. The number of aromatic nitrogens is 3. The minimum absolute atomic E-state index is 0.130. The van der Waals surface area contributed by atoms with Crippen LogP contribution >= 0.6 is 0 Å². The van der Waals surface area contributed by atoms with Crippen molar-refractivity contribution in [1.29, 1.82) is 0 Å². The number of carbonyl (C=O) groups excluding carboxylic acids is 1. The molecule has 1 saturated carbocycles. The predicted octanol–water partition coefficient (Wildman–Crippen LogP) is 2.10. The van der Waals surface area contributed by atoms with Gasteiger partial charge in [-0.05, 0) is 18.8 Å². The number of amides is 1. The van der Waals surface area contributed by atoms with Crippen molar-refractivity contribution in [3.63, 3.8) is 0 Å². The lowest BCUT2D eigenvalue weighted by Crippen LogP contribution is -2.36. The average molecular weight is 371 g/mol. The van der Waals surface area contributed by atoms with Crippen LogP contribution in [-0.4, -0.2) is 45.0 Å². The van der Waals surface area contributed by atoms with E-state index in [2.05, 4.69) is 38.6 Å². The van der Waals surface area contributed by atoms with Crippen molar-refractivity contribution in [2.45, 2.75) is 45.6 Å². The topological polar surface area (TPSA) is 76.2 Å². The summed E-state index contributed by atoms with van der Waals surface area (Å²) in [5.41, 5.74) is 1.09. The lowest BCUT2D eigenvalue weighted by Gasteiger charge is -2.20. The molecule has 2 aliphatic rings. The van der Waals surface area contributed by atoms with Gasteiger partial charge in [-0.1, -0.05) is 13.8 Å². The maximum absolute atomic E-state index is 12.4. The second-order valence-corrected chi connectivity index (χ2v) is 8.33. The van der Waals surface area contributed by atoms with Crippen LogP contribution in [0.4, 0.5) is 0 Å². The molecule has 0 unspecified atom stereocenters. The molecule has 1 aliphatic heterocycles. The summed E-state index contributed by atoms with van der Waals surface area (Å²) in [4.78, 5) is 23.5. The molecule has 7 heteroatoms. The van der Waals surface area contributed by atoms with Gasteiger partial charge in [0.1, 0.15) is 5.76 Å². The number of rotatable bonds is 7. The second-order valence-electron chi connectivity index (χ2n) is 8.33. The molecule has 7 nitrogen and oxygen atoms in total. The first-order chi connectivity index (χ1) is 13.0. The third-order valence-electron chi connectivity index (χ3n) is 6.13. The maximum Gasteiger partial charge on any atom is 0.225 e. The van der Waals surface area contributed by atoms with Gasteiger partial charge in [-0.3, -0.25) is 9.69 Å². The monoisotopic (exact) mass is 371 g/mol. The Balaban J connectivity index is 1.44. The van der Waals surface area contributed by atoms with Gasteiger partial charge in [0.15, 0.2) is 0 Å². The van der Waals surface area contributed by atoms with E-state index >= 15 is 0 Å². The number of hydrogen-bond donors (Lipinski definition) is 1. The largest absolute Gasteiger partial charge is 0.444 e. The molecule has 3 heterocycles. The Morgan fingerprint density at radius 1 is 1.37 bits per heavy atom. The molecule has 2 fully saturated rings. The van der Waals surface area contributed by atoms with Gasteiger partial charge in [-0.2, -0.15) is 0 Å². The van der Waals surface area contributed by atoms with E-state index in [0.717, 1.165) is 44.0 Å². The molecule has 1 aliphatic carbocycles. The molecule has 0 aromatic carbocycles. The minimum Gasteiger partial charge on any atom is -0.444 e. The van der Waals surface area contributed by atoms with Crippen molar-refractivity contribution < 1.29 is 9.21 Å². The fourth-order valence-electron chi connectivity index (χ4n) is 3.98. The van der Waals surface area contributed by atoms with Crippen LogP contribution in [0.15, 0.2) is 23.1 Å². The van der Waals surface area contributed by atoms with Gasteiger partial charge in [-0.25, -0.2) is 9.97 Å². The van der Waals surface area contributed by atoms with Crippen molar-refractivity contribution in [2.75, 3.05) is 19.6 Å². The number of nitrogens with one attached hydrogen (secondary N) is 1. The van der Waals surface area contributed by atoms with Crippen LogP contribution in [0.25, 0.3) is 0 Å². The third-order valence-corrected chi connectivity index (χ3v) is 6.13. The van der Waals surface area contributed by atoms with E-state index in [1.165, 1.54) is 5.69 Å². The van der Waals surface area contributed by atoms with Crippen molar-refractivity contribution in [3.8, 4) is 0 Å². The number of imidazole rings is 1. The average Bonchev–Trinajstić information content (AvgIpc) is 3.03. The van der Waals surface area contributed by atoms with Crippen molar-refractivity contribution >= 4 is 5.91 Å². The molecule has 0 bridgehead atoms. The van der Waals surface area contributed by atoms with Crippen LogP contribution in [0.1, 0.15) is 50.0 Å². The summed E-state index contributed by atoms with van der Waals surface area (Å²) in [5.74, 6) is 2.59. The standard InChI is InChI=1S/C20H29N5O2/c1-4-15-8-22-18(27-15)12-25-10-14(7-23-19(26)20(2)5-6-20)16(11-25)17-9-21-13-24(17)3/h8-9,13-14,16H,4-7,10-12H2,1-3H3,(H,23,26)/t14-,16-/m1/s1. The molecule has 2 aromatic rings. The van der Waals surface area contributed by atoms with Gasteiger partial charge < -0.3 is 14.3 Å². The van der Waals surface area contributed by atoms with Crippen LogP contribution in [-0.2, 0) is 24.8 Å². The Kier molecular flexibility index (Phi) is 4.80. The number of oxazole rings is 1. The van der Waals surface area contributed by atoms with E-state index in [1.807, 2.05) is 25.8 Å². The van der Waals surface area contributed by atoms with Crippen molar-refractivity contribution in [2.24, 2.45) is 18.4 Å². The summed E-state index contributed by atoms with van der Waals surface area (Å²) < 4.78 is 7.88. The van der Waals surface area contributed by atoms with E-state index in [0.29, 0.717) is 24.9 Å². The van der Waals surface area contributed by atoms with Crippen LogP contribution in [0, 0.1) is 11.3 Å². The zero-order chi connectivity index (χ0) is 19.0. The van der Waals surface area contributed by atoms with Crippen LogP contribution < -0.4 is 5.32 Å². The highest BCUT2D eigenvalue weighted by atomic mass is 16.4. The van der Waals surface area contributed by atoms with Gasteiger partial charge in [0.2, 0.25) is 11.8 Å². The van der Waals surface area contributed by atoms with E-state index in [-0.39, 0.29) is 11.3 Å². The number of hydrogen-bond acceptors (Lipinski definition) is 5. The zero-order valence-electron chi connectivity index (χ0n) is 16.4. The Morgan fingerprint density at radius 2 is 2.19 bits per heavy atom. The number of carbonyl (C=O) groups is 1. The van der Waals surface area contributed by atoms with Gasteiger partial charge in [0, 0.05) is 56.3 Å². The summed E-state index contributed by atoms with van der Waals surface area (Å²) in [6.45, 7) is 7.36. The lowest BCUT2D eigenvalue weighted by molar-refractivity contribution is -0.125. The quantitative estimate of drug-likeness (QED) is 0.807. The van der Waals surface area contributed by atoms with Crippen molar-refractivity contribution in [3.05, 3.63) is 36.1 Å². The molecular formula is C20H29N5O2. The Hall–Kier alpha value is -2.15. The van der Waals surface area contributed by atoms with Crippen LogP contribution in [0.2, 0.25) is 0 Å². The summed E-state index contributed by atoms with van der Waals surface area (Å²) >= 11 is 0. The third kappa shape index (κ3) is 3.78. The SMILES string of the molecule is CCc1cnc(CN2C[C@@H](CNC(=O)C3(C)CC3)[C@H](c3cncn3C)C2)o1. The summed E-state index contributed by atoms with van der Waals surface area (Å²) in [5, 5.41) is 3.20. The van der Waals surface area contributed by atoms with Gasteiger partial charge in [0.25, 0.3) is 0 Å². The van der Waals surface area contributed by atoms with Gasteiger partial charge in [0.05, 0.1) is 19.1 Å². The Labute approximate surface area is 160 Å². The van der Waals surface area contributed by atoms with E-state index < -0.39 is 0 Å². The first-order valence-electron chi connectivity index (χ1n) is 9.89. The van der Waals surface area contributed by atoms with E-state index in [9.17, 15) is 4.79 Å². The smallest absolute Gasteiger partial charge is 0.225 e. The number of nitrogens with zero attached hydrogens (tertiary/aromatic N) is 4. The molecule has 1 amide bonds. The predicted molar refractivity (Wildman–Crippen MR) is 101 cm³/mol. The van der Waals surface area contributed by atoms with E-state index in [1.54, 1.807) is 0 Å². The summed E-state index contributed by atoms with van der Waals surface area (Å²) in [6.07, 6.45) is 8.48. The van der Waals surface area contributed by atoms with Crippen LogP contribution in [0.3, 0.4) is 0 Å². The van der Waals surface area contributed by atoms with Crippen LogP contribution in [0.5, 0.6) is 0 Å². The maximum atomic E-state index is 12.4. The van der Waals surface area contributed by atoms with E-state index in [4.69, 9.17) is 4.42 Å². The highest BCUT2D eigenvalue weighted by Crippen LogP contribution is 2.45. The molecular weight excluding hydrogens is 342 g/mol. The first kappa shape index (κ1) is 18.2. The van der Waals surface area contributed by atoms with Crippen molar-refractivity contribution in [1.82, 2.24) is 24.8 Å².